The standard InChI is InChI=1S/C20H24N3O2/c1-20(2,3)25-19(24)23(22-13-7-8-14-22)18-11-12-21-15-17(18)16-9-5-4-6-10-16/h4-6,9-12H,7-8,13-14H2,1-3H3. The van der Waals surface area contributed by atoms with Gasteiger partial charge in [-0.3, -0.25) is 4.98 Å². The molecular weight excluding hydrogens is 314 g/mol. The molecule has 1 aromatic carbocycles. The lowest BCUT2D eigenvalue weighted by molar-refractivity contribution is 0.0482. The van der Waals surface area contributed by atoms with E-state index in [9.17, 15) is 4.79 Å². The zero-order valence-corrected chi connectivity index (χ0v) is 15.0. The Morgan fingerprint density at radius 2 is 1.84 bits per heavy atom. The van der Waals surface area contributed by atoms with Gasteiger partial charge >= 0.3 is 6.09 Å². The number of anilines is 1. The van der Waals surface area contributed by atoms with Crippen molar-refractivity contribution in [2.24, 2.45) is 0 Å². The van der Waals surface area contributed by atoms with Crippen molar-refractivity contribution in [2.45, 2.75) is 39.2 Å². The fourth-order valence-electron chi connectivity index (χ4n) is 2.92. The molecule has 0 aliphatic carbocycles. The fraction of sp³-hybridized carbons (Fsp3) is 0.400. The topological polar surface area (TPSA) is 45.7 Å². The summed E-state index contributed by atoms with van der Waals surface area (Å²) in [7, 11) is 0. The molecule has 0 N–H and O–H groups in total. The van der Waals surface area contributed by atoms with E-state index in [1.165, 1.54) is 0 Å². The van der Waals surface area contributed by atoms with Crippen molar-refractivity contribution >= 4 is 11.8 Å². The maximum absolute atomic E-state index is 13.0. The molecule has 2 aromatic rings. The summed E-state index contributed by atoms with van der Waals surface area (Å²) in [6.07, 6.45) is 6.47. The van der Waals surface area contributed by atoms with Gasteiger partial charge in [0.15, 0.2) is 0 Å². The number of hydrazine groups is 1. The lowest BCUT2D eigenvalue weighted by Crippen LogP contribution is -2.47. The second-order valence-electron chi connectivity index (χ2n) is 7.14. The number of ether oxygens (including phenoxy) is 1. The molecule has 1 saturated heterocycles. The van der Waals surface area contributed by atoms with Gasteiger partial charge in [0.25, 0.3) is 0 Å². The monoisotopic (exact) mass is 338 g/mol. The number of pyridine rings is 1. The van der Waals surface area contributed by atoms with E-state index in [4.69, 9.17) is 4.74 Å². The van der Waals surface area contributed by atoms with Crippen molar-refractivity contribution in [1.29, 1.82) is 0 Å². The van der Waals surface area contributed by atoms with Crippen LogP contribution in [0.15, 0.2) is 42.6 Å². The van der Waals surface area contributed by atoms with Crippen LogP contribution in [0.25, 0.3) is 11.1 Å². The second-order valence-corrected chi connectivity index (χ2v) is 7.14. The van der Waals surface area contributed by atoms with Gasteiger partial charge in [-0.15, -0.1) is 0 Å². The Hall–Kier alpha value is -2.40. The van der Waals surface area contributed by atoms with Gasteiger partial charge in [-0.25, -0.2) is 14.8 Å². The summed E-state index contributed by atoms with van der Waals surface area (Å²) in [5.41, 5.74) is 1.95. The molecule has 1 radical (unpaired) electrons. The van der Waals surface area contributed by atoms with E-state index in [-0.39, 0.29) is 6.09 Å². The van der Waals surface area contributed by atoms with Gasteiger partial charge in [0, 0.05) is 24.8 Å². The fourth-order valence-corrected chi connectivity index (χ4v) is 2.92. The minimum Gasteiger partial charge on any atom is -0.442 e. The summed E-state index contributed by atoms with van der Waals surface area (Å²) in [6.45, 7) is 7.29. The molecule has 1 amide bonds. The van der Waals surface area contributed by atoms with Crippen LogP contribution in [0.4, 0.5) is 10.5 Å². The second kappa shape index (κ2) is 7.23. The summed E-state index contributed by atoms with van der Waals surface area (Å²) >= 11 is 0. The number of carbonyl (C=O) groups excluding carboxylic acids is 1. The molecule has 0 spiro atoms. The quantitative estimate of drug-likeness (QED) is 0.837. The molecule has 5 nitrogen and oxygen atoms in total. The SMILES string of the molecule is CC(C)(C)OC(=O)N(c1ccn[c]c1-c1ccccc1)N1CCCC1. The minimum absolute atomic E-state index is 0.369. The summed E-state index contributed by atoms with van der Waals surface area (Å²) in [4.78, 5) is 17.1. The number of nitrogens with zero attached hydrogens (tertiary/aromatic N) is 3. The van der Waals surface area contributed by atoms with Gasteiger partial charge < -0.3 is 4.74 Å². The number of benzene rings is 1. The van der Waals surface area contributed by atoms with E-state index in [1.54, 1.807) is 11.2 Å². The van der Waals surface area contributed by atoms with Crippen LogP contribution in [0.2, 0.25) is 0 Å². The lowest BCUT2D eigenvalue weighted by Gasteiger charge is -2.34. The molecule has 131 valence electrons. The Balaban J connectivity index is 2.03. The predicted octanol–water partition coefficient (Wildman–Crippen LogP) is 4.30. The normalized spacial score (nSPS) is 15.2. The van der Waals surface area contributed by atoms with Crippen LogP contribution in [-0.4, -0.2) is 34.8 Å². The van der Waals surface area contributed by atoms with Crippen LogP contribution in [-0.2, 0) is 4.74 Å². The highest BCUT2D eigenvalue weighted by Crippen LogP contribution is 2.32. The lowest BCUT2D eigenvalue weighted by atomic mass is 10.1. The molecular formula is C20H24N3O2. The number of hydrogen-bond donors (Lipinski definition) is 0. The van der Waals surface area contributed by atoms with E-state index in [2.05, 4.69) is 11.2 Å². The molecule has 5 heteroatoms. The van der Waals surface area contributed by atoms with Gasteiger partial charge in [-0.1, -0.05) is 30.3 Å². The molecule has 0 atom stereocenters. The molecule has 0 unspecified atom stereocenters. The van der Waals surface area contributed by atoms with Gasteiger partial charge in [-0.2, -0.15) is 0 Å². The smallest absolute Gasteiger partial charge is 0.429 e. The zero-order valence-electron chi connectivity index (χ0n) is 15.0. The average Bonchev–Trinajstić information content (AvgIpc) is 3.09. The Labute approximate surface area is 149 Å². The van der Waals surface area contributed by atoms with Gasteiger partial charge in [-0.05, 0) is 45.2 Å². The van der Waals surface area contributed by atoms with E-state index in [1.807, 2.05) is 62.2 Å². The van der Waals surface area contributed by atoms with Crippen LogP contribution in [0.5, 0.6) is 0 Å². The Morgan fingerprint density at radius 3 is 2.48 bits per heavy atom. The molecule has 1 aliphatic heterocycles. The summed E-state index contributed by atoms with van der Waals surface area (Å²) in [5, 5.41) is 3.70. The minimum atomic E-state index is -0.557. The first-order valence-electron chi connectivity index (χ1n) is 8.66. The Morgan fingerprint density at radius 1 is 1.16 bits per heavy atom. The first-order chi connectivity index (χ1) is 12.0. The number of amides is 1. The maximum atomic E-state index is 13.0. The summed E-state index contributed by atoms with van der Waals surface area (Å²) in [5.74, 6) is 0. The van der Waals surface area contributed by atoms with Crippen LogP contribution >= 0.6 is 0 Å². The molecule has 1 aromatic heterocycles. The number of hydrogen-bond acceptors (Lipinski definition) is 4. The molecule has 0 saturated carbocycles. The summed E-state index contributed by atoms with van der Waals surface area (Å²) < 4.78 is 5.67. The van der Waals surface area contributed by atoms with Crippen LogP contribution in [0, 0.1) is 6.20 Å². The van der Waals surface area contributed by atoms with Crippen LogP contribution < -0.4 is 5.01 Å². The number of aromatic nitrogens is 1. The van der Waals surface area contributed by atoms with Crippen molar-refractivity contribution < 1.29 is 9.53 Å². The van der Waals surface area contributed by atoms with E-state index in [0.29, 0.717) is 0 Å². The van der Waals surface area contributed by atoms with Gasteiger partial charge in [0.1, 0.15) is 5.60 Å². The van der Waals surface area contributed by atoms with Crippen LogP contribution in [0.3, 0.4) is 0 Å². The summed E-state index contributed by atoms with van der Waals surface area (Å²) in [6, 6.07) is 11.7. The highest BCUT2D eigenvalue weighted by atomic mass is 16.6. The van der Waals surface area contributed by atoms with Crippen LogP contribution in [0.1, 0.15) is 33.6 Å². The number of carbonyl (C=O) groups is 1. The third-order valence-electron chi connectivity index (χ3n) is 3.96. The third-order valence-corrected chi connectivity index (χ3v) is 3.96. The zero-order chi connectivity index (χ0) is 17.9. The molecule has 1 aliphatic rings. The predicted molar refractivity (Wildman–Crippen MR) is 98.0 cm³/mol. The van der Waals surface area contributed by atoms with E-state index < -0.39 is 5.60 Å². The highest BCUT2D eigenvalue weighted by molar-refractivity contribution is 5.92. The molecule has 0 bridgehead atoms. The Kier molecular flexibility index (Phi) is 5.04. The van der Waals surface area contributed by atoms with Gasteiger partial charge in [0.05, 0.1) is 11.9 Å². The van der Waals surface area contributed by atoms with Gasteiger partial charge in [0.2, 0.25) is 0 Å². The van der Waals surface area contributed by atoms with Crippen molar-refractivity contribution in [3.63, 3.8) is 0 Å². The maximum Gasteiger partial charge on any atom is 0.429 e. The van der Waals surface area contributed by atoms with Crippen molar-refractivity contribution in [2.75, 3.05) is 18.1 Å². The van der Waals surface area contributed by atoms with Crippen molar-refractivity contribution in [3.05, 3.63) is 48.8 Å². The first-order valence-corrected chi connectivity index (χ1v) is 8.66. The third kappa shape index (κ3) is 4.17. The first kappa shape index (κ1) is 17.4. The largest absolute Gasteiger partial charge is 0.442 e. The molecule has 25 heavy (non-hydrogen) atoms. The Bertz CT molecular complexity index is 719. The number of rotatable bonds is 3. The van der Waals surface area contributed by atoms with Crippen molar-refractivity contribution in [1.82, 2.24) is 9.99 Å². The average molecular weight is 338 g/mol. The molecule has 2 heterocycles. The van der Waals surface area contributed by atoms with Crippen molar-refractivity contribution in [3.8, 4) is 11.1 Å². The van der Waals surface area contributed by atoms with E-state index >= 15 is 0 Å². The molecule has 3 rings (SSSR count). The molecule has 1 fully saturated rings. The van der Waals surface area contributed by atoms with E-state index in [0.717, 1.165) is 42.7 Å². The highest BCUT2D eigenvalue weighted by Gasteiger charge is 2.31.